The monoisotopic (exact) mass is 466 g/mol. The van der Waals surface area contributed by atoms with Crippen molar-refractivity contribution in [3.63, 3.8) is 0 Å². The van der Waals surface area contributed by atoms with Crippen LogP contribution in [0.3, 0.4) is 0 Å². The lowest BCUT2D eigenvalue weighted by atomic mass is 10.2. The molecule has 0 unspecified atom stereocenters. The van der Waals surface area contributed by atoms with Crippen LogP contribution in [-0.2, 0) is 11.3 Å². The Morgan fingerprint density at radius 1 is 1.19 bits per heavy atom. The third-order valence-corrected chi connectivity index (χ3v) is 6.56. The lowest BCUT2D eigenvalue weighted by molar-refractivity contribution is 0.103. The smallest absolute Gasteiger partial charge is 0.289 e. The summed E-state index contributed by atoms with van der Waals surface area (Å²) < 4.78 is 7.49. The van der Waals surface area contributed by atoms with E-state index in [-0.39, 0.29) is 17.8 Å². The van der Waals surface area contributed by atoms with Gasteiger partial charge in [-0.2, -0.15) is 0 Å². The number of carbonyl (C=O) groups excluding carboxylic acids is 1. The molecule has 162 valence electrons. The molecular weight excluding hydrogens is 448 g/mol. The number of fused-ring (bicyclic) bond motifs is 1. The van der Waals surface area contributed by atoms with Gasteiger partial charge >= 0.3 is 0 Å². The van der Waals surface area contributed by atoms with Gasteiger partial charge in [0.25, 0.3) is 11.9 Å². The number of hydrogen-bond donors (Lipinski definition) is 3. The molecule has 0 saturated carbocycles. The van der Waals surface area contributed by atoms with E-state index < -0.39 is 0 Å². The van der Waals surface area contributed by atoms with E-state index in [4.69, 9.17) is 21.7 Å². The first-order valence-corrected chi connectivity index (χ1v) is 11.1. The molecule has 7 nitrogen and oxygen atoms in total. The molecule has 0 spiro atoms. The molecule has 1 aliphatic rings. The van der Waals surface area contributed by atoms with Gasteiger partial charge in [-0.25, -0.2) is 0 Å². The summed E-state index contributed by atoms with van der Waals surface area (Å²) in [4.78, 5) is 14.9. The summed E-state index contributed by atoms with van der Waals surface area (Å²) >= 11 is 7.14. The summed E-state index contributed by atoms with van der Waals surface area (Å²) in [6.45, 7) is 1.64. The molecule has 1 fully saturated rings. The Morgan fingerprint density at radius 2 is 2.00 bits per heavy atom. The maximum absolute atomic E-state index is 12.6. The quantitative estimate of drug-likeness (QED) is 0.380. The molecule has 9 heteroatoms. The number of aromatic nitrogens is 1. The molecule has 1 amide bonds. The van der Waals surface area contributed by atoms with E-state index in [0.717, 1.165) is 16.6 Å². The number of aromatic hydroxyl groups is 1. The topological polar surface area (TPSA) is 90.6 Å². The summed E-state index contributed by atoms with van der Waals surface area (Å²) in [6, 6.07) is 16.8. The number of amidine groups is 1. The number of ether oxygens (including phenoxy) is 1. The SMILES string of the molecule is N=C1OCCN1c1ccc(Cn2cc3cccc(NC(=O)c4ccc(Cl)s4)c3c2O)cc1. The van der Waals surface area contributed by atoms with Crippen LogP contribution in [0, 0.1) is 5.41 Å². The summed E-state index contributed by atoms with van der Waals surface area (Å²) in [5.41, 5.74) is 2.43. The van der Waals surface area contributed by atoms with Gasteiger partial charge in [0, 0.05) is 17.3 Å². The second-order valence-corrected chi connectivity index (χ2v) is 9.10. The molecule has 0 bridgehead atoms. The Balaban J connectivity index is 1.39. The second-order valence-electron chi connectivity index (χ2n) is 7.38. The maximum Gasteiger partial charge on any atom is 0.289 e. The lowest BCUT2D eigenvalue weighted by Gasteiger charge is -2.15. The molecule has 0 atom stereocenters. The molecule has 3 N–H and O–H groups in total. The number of benzene rings is 2. The Labute approximate surface area is 192 Å². The molecule has 1 aliphatic heterocycles. The minimum Gasteiger partial charge on any atom is -0.494 e. The van der Waals surface area contributed by atoms with Gasteiger partial charge in [-0.15, -0.1) is 11.3 Å². The summed E-state index contributed by atoms with van der Waals surface area (Å²) in [7, 11) is 0. The van der Waals surface area contributed by atoms with Gasteiger partial charge in [0.1, 0.15) is 6.61 Å². The van der Waals surface area contributed by atoms with E-state index in [1.54, 1.807) is 27.7 Å². The lowest BCUT2D eigenvalue weighted by Crippen LogP contribution is -2.23. The Bertz CT molecular complexity index is 1330. The predicted molar refractivity (Wildman–Crippen MR) is 127 cm³/mol. The zero-order valence-corrected chi connectivity index (χ0v) is 18.4. The van der Waals surface area contributed by atoms with Crippen molar-refractivity contribution in [3.8, 4) is 5.88 Å². The fourth-order valence-corrected chi connectivity index (χ4v) is 4.72. The van der Waals surface area contributed by atoms with Gasteiger partial charge in [-0.3, -0.25) is 15.1 Å². The van der Waals surface area contributed by atoms with Crippen molar-refractivity contribution in [2.24, 2.45) is 0 Å². The van der Waals surface area contributed by atoms with Crippen molar-refractivity contribution in [1.82, 2.24) is 4.57 Å². The van der Waals surface area contributed by atoms with Gasteiger partial charge in [-0.1, -0.05) is 35.9 Å². The fraction of sp³-hybridized carbons (Fsp3) is 0.130. The molecule has 2 aromatic carbocycles. The minimum atomic E-state index is -0.270. The molecule has 32 heavy (non-hydrogen) atoms. The highest BCUT2D eigenvalue weighted by Gasteiger charge is 2.20. The number of carbonyl (C=O) groups is 1. The summed E-state index contributed by atoms with van der Waals surface area (Å²) in [6.07, 6.45) is 1.86. The van der Waals surface area contributed by atoms with Crippen molar-refractivity contribution < 1.29 is 14.6 Å². The molecular formula is C23H19ClN4O3S. The molecule has 2 aromatic heterocycles. The van der Waals surface area contributed by atoms with Crippen LogP contribution in [0.5, 0.6) is 5.88 Å². The van der Waals surface area contributed by atoms with Crippen LogP contribution in [0.1, 0.15) is 15.2 Å². The third kappa shape index (κ3) is 3.79. The van der Waals surface area contributed by atoms with Crippen molar-refractivity contribution in [3.05, 3.63) is 75.6 Å². The standard InChI is InChI=1S/C23H19ClN4O3S/c24-19-9-8-18(32-19)21(29)26-17-3-1-2-15-13-27(22(30)20(15)17)12-14-4-6-16(7-5-14)28-10-11-31-23(28)25/h1-9,13,25,30H,10-12H2,(H,26,29). The number of halogens is 1. The van der Waals surface area contributed by atoms with Crippen molar-refractivity contribution >= 4 is 57.0 Å². The second kappa shape index (κ2) is 8.22. The van der Waals surface area contributed by atoms with Crippen molar-refractivity contribution in [2.75, 3.05) is 23.4 Å². The molecule has 4 aromatic rings. The Hall–Kier alpha value is -3.49. The molecule has 1 saturated heterocycles. The van der Waals surface area contributed by atoms with E-state index in [9.17, 15) is 9.90 Å². The largest absolute Gasteiger partial charge is 0.494 e. The zero-order chi connectivity index (χ0) is 22.2. The van der Waals surface area contributed by atoms with Gasteiger partial charge < -0.3 is 19.7 Å². The highest BCUT2D eigenvalue weighted by Crippen LogP contribution is 2.35. The van der Waals surface area contributed by atoms with Crippen LogP contribution in [0.25, 0.3) is 10.8 Å². The van der Waals surface area contributed by atoms with Crippen molar-refractivity contribution in [2.45, 2.75) is 6.54 Å². The third-order valence-electron chi connectivity index (χ3n) is 5.33. The number of nitrogens with zero attached hydrogens (tertiary/aromatic N) is 2. The molecule has 0 aliphatic carbocycles. The Kier molecular flexibility index (Phi) is 5.24. The van der Waals surface area contributed by atoms with Gasteiger partial charge in [0.15, 0.2) is 0 Å². The summed E-state index contributed by atoms with van der Waals surface area (Å²) in [5, 5.41) is 23.0. The van der Waals surface area contributed by atoms with Gasteiger partial charge in [-0.05, 0) is 35.9 Å². The van der Waals surface area contributed by atoms with Crippen LogP contribution in [-0.4, -0.2) is 34.8 Å². The van der Waals surface area contributed by atoms with Crippen LogP contribution in [0.15, 0.2) is 60.8 Å². The molecule has 3 heterocycles. The van der Waals surface area contributed by atoms with Crippen molar-refractivity contribution in [1.29, 1.82) is 5.41 Å². The highest BCUT2D eigenvalue weighted by atomic mass is 35.5. The average molecular weight is 467 g/mol. The number of nitrogens with one attached hydrogen (secondary N) is 2. The first-order valence-electron chi connectivity index (χ1n) is 9.95. The highest BCUT2D eigenvalue weighted by molar-refractivity contribution is 7.18. The van der Waals surface area contributed by atoms with Gasteiger partial charge in [0.2, 0.25) is 5.88 Å². The first-order chi connectivity index (χ1) is 15.5. The number of hydrogen-bond acceptors (Lipinski definition) is 5. The number of thiophene rings is 1. The van der Waals surface area contributed by atoms with Crippen LogP contribution in [0.4, 0.5) is 11.4 Å². The molecule has 0 radical (unpaired) electrons. The average Bonchev–Trinajstić information content (AvgIpc) is 3.49. The van der Waals surface area contributed by atoms with E-state index >= 15 is 0 Å². The number of amides is 1. The van der Waals surface area contributed by atoms with E-state index in [2.05, 4.69) is 5.32 Å². The summed E-state index contributed by atoms with van der Waals surface area (Å²) in [5.74, 6) is -0.187. The van der Waals surface area contributed by atoms with E-state index in [1.165, 1.54) is 11.3 Å². The maximum atomic E-state index is 12.6. The van der Waals surface area contributed by atoms with Crippen LogP contribution < -0.4 is 10.2 Å². The van der Waals surface area contributed by atoms with E-state index in [1.807, 2.05) is 42.6 Å². The van der Waals surface area contributed by atoms with Crippen LogP contribution in [0.2, 0.25) is 4.34 Å². The first kappa shape index (κ1) is 20.4. The fourth-order valence-electron chi connectivity index (χ4n) is 3.78. The normalized spacial score (nSPS) is 13.5. The number of rotatable bonds is 5. The Morgan fingerprint density at radius 3 is 2.69 bits per heavy atom. The number of anilines is 2. The van der Waals surface area contributed by atoms with Gasteiger partial charge in [0.05, 0.1) is 33.4 Å². The minimum absolute atomic E-state index is 0.0823. The van der Waals surface area contributed by atoms with E-state index in [0.29, 0.717) is 40.0 Å². The van der Waals surface area contributed by atoms with Crippen LogP contribution >= 0.6 is 22.9 Å². The predicted octanol–water partition coefficient (Wildman–Crippen LogP) is 5.13. The molecule has 5 rings (SSSR count). The zero-order valence-electron chi connectivity index (χ0n) is 16.8.